The number of rotatable bonds is 6. The molecule has 9 heteroatoms. The first kappa shape index (κ1) is 21.3. The van der Waals surface area contributed by atoms with E-state index in [0.29, 0.717) is 32.5 Å². The number of benzene rings is 1. The Balaban J connectivity index is 1.75. The molecule has 1 aliphatic heterocycles. The quantitative estimate of drug-likeness (QED) is 0.684. The molecule has 2 amide bonds. The van der Waals surface area contributed by atoms with Crippen molar-refractivity contribution in [1.29, 1.82) is 0 Å². The van der Waals surface area contributed by atoms with E-state index >= 15 is 0 Å². The summed E-state index contributed by atoms with van der Waals surface area (Å²) in [5.74, 6) is -1.18. The summed E-state index contributed by atoms with van der Waals surface area (Å²) in [4.78, 5) is 24.1. The van der Waals surface area contributed by atoms with Crippen molar-refractivity contribution in [2.45, 2.75) is 25.8 Å². The Bertz CT molecular complexity index is 744. The molecule has 0 aromatic heterocycles. The van der Waals surface area contributed by atoms with Crippen LogP contribution in [0.15, 0.2) is 30.3 Å². The van der Waals surface area contributed by atoms with Crippen molar-refractivity contribution in [1.82, 2.24) is 19.2 Å². The summed E-state index contributed by atoms with van der Waals surface area (Å²) in [6.45, 7) is 3.01. The summed E-state index contributed by atoms with van der Waals surface area (Å²) >= 11 is 0. The summed E-state index contributed by atoms with van der Waals surface area (Å²) in [7, 11) is -0.372. The van der Waals surface area contributed by atoms with Crippen LogP contribution in [0.4, 0.5) is 0 Å². The molecule has 8 nitrogen and oxygen atoms in total. The minimum Gasteiger partial charge on any atom is -0.348 e. The molecule has 0 aliphatic carbocycles. The van der Waals surface area contributed by atoms with Crippen LogP contribution in [-0.2, 0) is 19.8 Å². The summed E-state index contributed by atoms with van der Waals surface area (Å²) in [5, 5.41) is 5.34. The molecule has 2 rings (SSSR count). The highest BCUT2D eigenvalue weighted by Gasteiger charge is 2.29. The number of carbonyl (C=O) groups excluding carboxylic acids is 2. The van der Waals surface area contributed by atoms with Gasteiger partial charge in [-0.2, -0.15) is 17.0 Å². The van der Waals surface area contributed by atoms with Crippen LogP contribution >= 0.6 is 0 Å². The number of hydrogen-bond acceptors (Lipinski definition) is 4. The SMILES string of the molecule is CC(NC(=O)C(=O)NCC1CCN(S(=O)(=O)N(C)C)CC1)c1ccccc1. The van der Waals surface area contributed by atoms with Crippen molar-refractivity contribution in [2.24, 2.45) is 5.92 Å². The van der Waals surface area contributed by atoms with Gasteiger partial charge in [-0.15, -0.1) is 0 Å². The summed E-state index contributed by atoms with van der Waals surface area (Å²) in [5.41, 5.74) is 0.924. The average Bonchev–Trinajstić information content (AvgIpc) is 2.66. The maximum atomic E-state index is 12.1. The average molecular weight is 397 g/mol. The number of nitrogens with one attached hydrogen (secondary N) is 2. The molecule has 1 fully saturated rings. The van der Waals surface area contributed by atoms with Crippen LogP contribution in [0.3, 0.4) is 0 Å². The van der Waals surface area contributed by atoms with Crippen molar-refractivity contribution in [3.8, 4) is 0 Å². The van der Waals surface area contributed by atoms with Gasteiger partial charge in [0.15, 0.2) is 0 Å². The third-order valence-corrected chi connectivity index (χ3v) is 6.71. The van der Waals surface area contributed by atoms with E-state index in [2.05, 4.69) is 10.6 Å². The largest absolute Gasteiger partial charge is 0.348 e. The molecule has 2 N–H and O–H groups in total. The predicted molar refractivity (Wildman–Crippen MR) is 103 cm³/mol. The van der Waals surface area contributed by atoms with E-state index in [9.17, 15) is 18.0 Å². The third-order valence-electron chi connectivity index (χ3n) is 4.77. The van der Waals surface area contributed by atoms with E-state index in [-0.39, 0.29) is 12.0 Å². The van der Waals surface area contributed by atoms with Crippen molar-refractivity contribution >= 4 is 22.0 Å². The van der Waals surface area contributed by atoms with Gasteiger partial charge >= 0.3 is 11.8 Å². The lowest BCUT2D eigenvalue weighted by atomic mass is 9.98. The van der Waals surface area contributed by atoms with E-state index in [1.807, 2.05) is 37.3 Å². The molecule has 1 aromatic carbocycles. The predicted octanol–water partition coefficient (Wildman–Crippen LogP) is 0.498. The fourth-order valence-corrected chi connectivity index (χ4v) is 4.11. The number of amides is 2. The molecule has 1 heterocycles. The third kappa shape index (κ3) is 5.75. The van der Waals surface area contributed by atoms with Crippen molar-refractivity contribution in [2.75, 3.05) is 33.7 Å². The van der Waals surface area contributed by atoms with Gasteiger partial charge in [-0.25, -0.2) is 0 Å². The van der Waals surface area contributed by atoms with E-state index in [0.717, 1.165) is 5.56 Å². The Hall–Kier alpha value is -1.97. The first-order chi connectivity index (χ1) is 12.7. The molecule has 1 aliphatic rings. The molecule has 0 bridgehead atoms. The van der Waals surface area contributed by atoms with Gasteiger partial charge in [-0.1, -0.05) is 30.3 Å². The van der Waals surface area contributed by atoms with Crippen LogP contribution in [0, 0.1) is 5.92 Å². The van der Waals surface area contributed by atoms with Crippen LogP contribution < -0.4 is 10.6 Å². The van der Waals surface area contributed by atoms with Gasteiger partial charge < -0.3 is 10.6 Å². The maximum Gasteiger partial charge on any atom is 0.309 e. The lowest BCUT2D eigenvalue weighted by Gasteiger charge is -2.32. The van der Waals surface area contributed by atoms with E-state index in [4.69, 9.17) is 0 Å². The second kappa shape index (κ2) is 9.29. The van der Waals surface area contributed by atoms with Crippen LogP contribution in [0.5, 0.6) is 0 Å². The molecule has 150 valence electrons. The van der Waals surface area contributed by atoms with Crippen molar-refractivity contribution in [3.63, 3.8) is 0 Å². The first-order valence-electron chi connectivity index (χ1n) is 9.03. The maximum absolute atomic E-state index is 12.1. The number of nitrogens with zero attached hydrogens (tertiary/aromatic N) is 2. The Morgan fingerprint density at radius 1 is 1.15 bits per heavy atom. The zero-order valence-electron chi connectivity index (χ0n) is 16.0. The lowest BCUT2D eigenvalue weighted by molar-refractivity contribution is -0.139. The molecule has 1 unspecified atom stereocenters. The number of hydrogen-bond donors (Lipinski definition) is 2. The van der Waals surface area contributed by atoms with Gasteiger partial charge in [0.25, 0.3) is 10.2 Å². The minimum absolute atomic E-state index is 0.155. The molecular weight excluding hydrogens is 368 g/mol. The van der Waals surface area contributed by atoms with Crippen LogP contribution in [-0.4, -0.2) is 62.6 Å². The highest BCUT2D eigenvalue weighted by Crippen LogP contribution is 2.20. The Morgan fingerprint density at radius 2 is 1.74 bits per heavy atom. The highest BCUT2D eigenvalue weighted by atomic mass is 32.2. The molecule has 0 saturated carbocycles. The van der Waals surface area contributed by atoms with Gasteiger partial charge in [0.1, 0.15) is 0 Å². The second-order valence-electron chi connectivity index (χ2n) is 6.95. The van der Waals surface area contributed by atoms with Crippen LogP contribution in [0.25, 0.3) is 0 Å². The second-order valence-corrected chi connectivity index (χ2v) is 9.09. The fraction of sp³-hybridized carbons (Fsp3) is 0.556. The molecule has 0 spiro atoms. The monoisotopic (exact) mass is 396 g/mol. The summed E-state index contributed by atoms with van der Waals surface area (Å²) in [6, 6.07) is 9.15. The van der Waals surface area contributed by atoms with E-state index in [1.54, 1.807) is 0 Å². The Kier molecular flexibility index (Phi) is 7.34. The van der Waals surface area contributed by atoms with Gasteiger partial charge in [0, 0.05) is 33.7 Å². The molecule has 1 atom stereocenters. The summed E-state index contributed by atoms with van der Waals surface area (Å²) in [6.07, 6.45) is 1.30. The van der Waals surface area contributed by atoms with Gasteiger partial charge in [0.05, 0.1) is 6.04 Å². The Morgan fingerprint density at radius 3 is 2.30 bits per heavy atom. The highest BCUT2D eigenvalue weighted by molar-refractivity contribution is 7.86. The molecule has 27 heavy (non-hydrogen) atoms. The zero-order chi connectivity index (χ0) is 20.0. The topological polar surface area (TPSA) is 98.8 Å². The number of carbonyl (C=O) groups is 2. The van der Waals surface area contributed by atoms with Crippen LogP contribution in [0.1, 0.15) is 31.4 Å². The normalized spacial score (nSPS) is 17.5. The lowest BCUT2D eigenvalue weighted by Crippen LogP contribution is -2.47. The molecular formula is C18H28N4O4S. The molecule has 1 aromatic rings. The fourth-order valence-electron chi connectivity index (χ4n) is 2.98. The first-order valence-corrected chi connectivity index (χ1v) is 10.4. The van der Waals surface area contributed by atoms with Gasteiger partial charge in [-0.05, 0) is 31.2 Å². The van der Waals surface area contributed by atoms with Crippen LogP contribution in [0.2, 0.25) is 0 Å². The zero-order valence-corrected chi connectivity index (χ0v) is 16.8. The van der Waals surface area contributed by atoms with E-state index in [1.165, 1.54) is 22.7 Å². The van der Waals surface area contributed by atoms with Gasteiger partial charge in [-0.3, -0.25) is 9.59 Å². The standard InChI is InChI=1S/C18H28N4O4S/c1-14(16-7-5-4-6-8-16)20-18(24)17(23)19-13-15-9-11-22(12-10-15)27(25,26)21(2)3/h4-8,14-15H,9-13H2,1-3H3,(H,19,23)(H,20,24). The molecule has 1 saturated heterocycles. The van der Waals surface area contributed by atoms with Crippen molar-refractivity contribution in [3.05, 3.63) is 35.9 Å². The van der Waals surface area contributed by atoms with Gasteiger partial charge in [0.2, 0.25) is 0 Å². The molecule has 0 radical (unpaired) electrons. The van der Waals surface area contributed by atoms with E-state index < -0.39 is 22.0 Å². The smallest absolute Gasteiger partial charge is 0.309 e. The number of piperidine rings is 1. The Labute approximate surface area is 161 Å². The van der Waals surface area contributed by atoms with Crippen molar-refractivity contribution < 1.29 is 18.0 Å². The summed E-state index contributed by atoms with van der Waals surface area (Å²) < 4.78 is 26.8. The minimum atomic E-state index is -3.39.